The highest BCUT2D eigenvalue weighted by Gasteiger charge is 2.39. The quantitative estimate of drug-likeness (QED) is 0.467. The minimum atomic E-state index is -0.546. The summed E-state index contributed by atoms with van der Waals surface area (Å²) in [6.45, 7) is 3.62. The van der Waals surface area contributed by atoms with E-state index in [0.29, 0.717) is 6.42 Å². The number of nitrogens with zero attached hydrogens (tertiary/aromatic N) is 1. The Balaban J connectivity index is 2.73. The van der Waals surface area contributed by atoms with E-state index in [1.165, 1.54) is 0 Å². The molecule has 0 aromatic heterocycles. The molecule has 1 heterocycles. The van der Waals surface area contributed by atoms with E-state index in [1.807, 2.05) is 19.9 Å². The fourth-order valence-electron chi connectivity index (χ4n) is 1.06. The first-order chi connectivity index (χ1) is 4.55. The molecule has 3 nitrogen and oxygen atoms in total. The molecule has 1 atom stereocenters. The number of rotatable bonds is 0. The molecule has 0 unspecified atom stereocenters. The second kappa shape index (κ2) is 1.98. The minimum Gasteiger partial charge on any atom is -0.459 e. The highest BCUT2D eigenvalue weighted by Crippen LogP contribution is 2.29. The van der Waals surface area contributed by atoms with E-state index in [1.54, 1.807) is 0 Å². The molecule has 10 heavy (non-hydrogen) atoms. The third-order valence-electron chi connectivity index (χ3n) is 1.51. The van der Waals surface area contributed by atoms with Crippen LogP contribution in [0.3, 0.4) is 0 Å². The number of hydrogen-bond donors (Lipinski definition) is 0. The third-order valence-corrected chi connectivity index (χ3v) is 1.51. The predicted molar refractivity (Wildman–Crippen MR) is 33.9 cm³/mol. The number of nitriles is 1. The lowest BCUT2D eigenvalue weighted by Gasteiger charge is -2.13. The maximum Gasteiger partial charge on any atom is 0.324 e. The molecule has 1 aliphatic heterocycles. The van der Waals surface area contributed by atoms with Crippen molar-refractivity contribution in [3.8, 4) is 6.07 Å². The fourth-order valence-corrected chi connectivity index (χ4v) is 1.06. The second-order valence-corrected chi connectivity index (χ2v) is 3.07. The summed E-state index contributed by atoms with van der Waals surface area (Å²) in [5, 5.41) is 8.42. The lowest BCUT2D eigenvalue weighted by Crippen LogP contribution is -2.17. The summed E-state index contributed by atoms with van der Waals surface area (Å²) in [6.07, 6.45) is 0.516. The normalized spacial score (nSPS) is 29.3. The van der Waals surface area contributed by atoms with Crippen LogP contribution in [0.1, 0.15) is 20.3 Å². The first-order valence-corrected chi connectivity index (χ1v) is 3.18. The average Bonchev–Trinajstić information content (AvgIpc) is 2.05. The Labute approximate surface area is 59.6 Å². The zero-order valence-corrected chi connectivity index (χ0v) is 6.05. The van der Waals surface area contributed by atoms with Crippen LogP contribution < -0.4 is 0 Å². The van der Waals surface area contributed by atoms with Gasteiger partial charge in [-0.3, -0.25) is 4.79 Å². The van der Waals surface area contributed by atoms with Gasteiger partial charge in [-0.05, 0) is 13.8 Å². The average molecular weight is 139 g/mol. The van der Waals surface area contributed by atoms with Gasteiger partial charge in [-0.15, -0.1) is 0 Å². The van der Waals surface area contributed by atoms with Gasteiger partial charge in [0.1, 0.15) is 11.5 Å². The molecule has 0 amide bonds. The van der Waals surface area contributed by atoms with Crippen molar-refractivity contribution in [3.05, 3.63) is 0 Å². The molecule has 0 aliphatic carbocycles. The molecule has 1 fully saturated rings. The Morgan fingerprint density at radius 3 is 2.60 bits per heavy atom. The van der Waals surface area contributed by atoms with Crippen LogP contribution in [-0.4, -0.2) is 11.6 Å². The van der Waals surface area contributed by atoms with Crippen LogP contribution in [0, 0.1) is 17.2 Å². The Morgan fingerprint density at radius 2 is 2.40 bits per heavy atom. The Kier molecular flexibility index (Phi) is 1.40. The third kappa shape index (κ3) is 1.10. The van der Waals surface area contributed by atoms with Crippen molar-refractivity contribution < 1.29 is 9.53 Å². The van der Waals surface area contributed by atoms with Gasteiger partial charge in [-0.2, -0.15) is 5.26 Å². The van der Waals surface area contributed by atoms with E-state index in [4.69, 9.17) is 10.00 Å². The number of cyclic esters (lactones) is 1. The molecule has 1 aliphatic rings. The summed E-state index contributed by atoms with van der Waals surface area (Å²) in [4.78, 5) is 10.8. The number of ether oxygens (including phenoxy) is 1. The van der Waals surface area contributed by atoms with Crippen molar-refractivity contribution in [1.82, 2.24) is 0 Å². The first kappa shape index (κ1) is 7.07. The molecule has 0 aromatic carbocycles. The van der Waals surface area contributed by atoms with Gasteiger partial charge in [0.2, 0.25) is 0 Å². The van der Waals surface area contributed by atoms with E-state index in [-0.39, 0.29) is 5.97 Å². The van der Waals surface area contributed by atoms with Gasteiger partial charge in [0.05, 0.1) is 6.07 Å². The standard InChI is InChI=1S/C7H9NO2/c1-7(2)3-5(4-8)6(9)10-7/h5H,3H2,1-2H3/t5-/m0/s1. The zero-order chi connectivity index (χ0) is 7.78. The Morgan fingerprint density at radius 1 is 1.80 bits per heavy atom. The predicted octanol–water partition coefficient (Wildman–Crippen LogP) is 0.852. The van der Waals surface area contributed by atoms with Gasteiger partial charge in [-0.25, -0.2) is 0 Å². The molecule has 1 rings (SSSR count). The summed E-state index contributed by atoms with van der Waals surface area (Å²) in [5.74, 6) is -0.928. The monoisotopic (exact) mass is 139 g/mol. The molecule has 3 heteroatoms. The maximum atomic E-state index is 10.8. The number of hydrogen-bond acceptors (Lipinski definition) is 3. The van der Waals surface area contributed by atoms with Crippen molar-refractivity contribution in [2.75, 3.05) is 0 Å². The molecule has 0 radical (unpaired) electrons. The summed E-state index contributed by atoms with van der Waals surface area (Å²) in [5.41, 5.74) is -0.433. The first-order valence-electron chi connectivity index (χ1n) is 3.18. The van der Waals surface area contributed by atoms with Crippen LogP contribution in [0.4, 0.5) is 0 Å². The van der Waals surface area contributed by atoms with Crippen molar-refractivity contribution in [3.63, 3.8) is 0 Å². The van der Waals surface area contributed by atoms with Crippen molar-refractivity contribution in [2.45, 2.75) is 25.9 Å². The topological polar surface area (TPSA) is 50.1 Å². The second-order valence-electron chi connectivity index (χ2n) is 3.07. The van der Waals surface area contributed by atoms with E-state index in [0.717, 1.165) is 0 Å². The van der Waals surface area contributed by atoms with E-state index in [9.17, 15) is 4.79 Å². The van der Waals surface area contributed by atoms with Crippen molar-refractivity contribution >= 4 is 5.97 Å². The fraction of sp³-hybridized carbons (Fsp3) is 0.714. The molecule has 0 aromatic rings. The zero-order valence-electron chi connectivity index (χ0n) is 6.05. The van der Waals surface area contributed by atoms with Crippen LogP contribution in [-0.2, 0) is 9.53 Å². The summed E-state index contributed by atoms with van der Waals surface area (Å²) in [6, 6.07) is 1.89. The molecule has 0 bridgehead atoms. The summed E-state index contributed by atoms with van der Waals surface area (Å²) >= 11 is 0. The minimum absolute atomic E-state index is 0.382. The molecular weight excluding hydrogens is 130 g/mol. The van der Waals surface area contributed by atoms with Gasteiger partial charge >= 0.3 is 5.97 Å². The van der Waals surface area contributed by atoms with Crippen molar-refractivity contribution in [2.24, 2.45) is 5.92 Å². The highest BCUT2D eigenvalue weighted by molar-refractivity contribution is 5.77. The lowest BCUT2D eigenvalue weighted by atomic mass is 9.99. The van der Waals surface area contributed by atoms with Gasteiger partial charge in [-0.1, -0.05) is 0 Å². The van der Waals surface area contributed by atoms with Gasteiger partial charge in [0.25, 0.3) is 0 Å². The van der Waals surface area contributed by atoms with Crippen LogP contribution in [0.15, 0.2) is 0 Å². The molecule has 0 N–H and O–H groups in total. The Bertz CT molecular complexity index is 202. The number of esters is 1. The highest BCUT2D eigenvalue weighted by atomic mass is 16.6. The van der Waals surface area contributed by atoms with Gasteiger partial charge in [0.15, 0.2) is 0 Å². The lowest BCUT2D eigenvalue weighted by molar-refractivity contribution is -0.147. The van der Waals surface area contributed by atoms with E-state index < -0.39 is 11.5 Å². The van der Waals surface area contributed by atoms with E-state index in [2.05, 4.69) is 0 Å². The summed E-state index contributed by atoms with van der Waals surface area (Å²) < 4.78 is 4.89. The van der Waals surface area contributed by atoms with Crippen LogP contribution in [0.25, 0.3) is 0 Å². The van der Waals surface area contributed by atoms with E-state index >= 15 is 0 Å². The number of carbonyl (C=O) groups is 1. The van der Waals surface area contributed by atoms with Crippen molar-refractivity contribution in [1.29, 1.82) is 5.26 Å². The largest absolute Gasteiger partial charge is 0.459 e. The van der Waals surface area contributed by atoms with Crippen LogP contribution in [0.5, 0.6) is 0 Å². The molecule has 1 saturated heterocycles. The number of carbonyl (C=O) groups excluding carboxylic acids is 1. The molecule has 0 saturated carbocycles. The SMILES string of the molecule is CC1(C)C[C@@H](C#N)C(=O)O1. The maximum absolute atomic E-state index is 10.8. The molecule has 54 valence electrons. The van der Waals surface area contributed by atoms with Gasteiger partial charge < -0.3 is 4.74 Å². The van der Waals surface area contributed by atoms with Crippen LogP contribution in [0.2, 0.25) is 0 Å². The van der Waals surface area contributed by atoms with Crippen LogP contribution >= 0.6 is 0 Å². The smallest absolute Gasteiger partial charge is 0.324 e. The molecule has 0 spiro atoms. The summed E-state index contributed by atoms with van der Waals surface area (Å²) in [7, 11) is 0. The molecular formula is C7H9NO2. The van der Waals surface area contributed by atoms with Gasteiger partial charge in [0, 0.05) is 6.42 Å². The Hall–Kier alpha value is -1.04.